The Morgan fingerprint density at radius 2 is 2.14 bits per heavy atom. The van der Waals surface area contributed by atoms with Crippen molar-refractivity contribution < 1.29 is 9.53 Å². The van der Waals surface area contributed by atoms with E-state index in [4.69, 9.17) is 4.74 Å². The highest BCUT2D eigenvalue weighted by Gasteiger charge is 2.30. The van der Waals surface area contributed by atoms with E-state index in [2.05, 4.69) is 15.4 Å². The second-order valence-corrected chi connectivity index (χ2v) is 5.37. The number of rotatable bonds is 3. The van der Waals surface area contributed by atoms with Crippen LogP contribution in [0.25, 0.3) is 11.4 Å². The van der Waals surface area contributed by atoms with Gasteiger partial charge in [0.15, 0.2) is 5.82 Å². The lowest BCUT2D eigenvalue weighted by Crippen LogP contribution is -2.31. The highest BCUT2D eigenvalue weighted by molar-refractivity contribution is 5.94. The number of aryl methyl sites for hydroxylation is 1. The fourth-order valence-electron chi connectivity index (χ4n) is 2.42. The summed E-state index contributed by atoms with van der Waals surface area (Å²) in [5, 5.41) is 7.13. The molecule has 21 heavy (non-hydrogen) atoms. The van der Waals surface area contributed by atoms with Gasteiger partial charge in [-0.15, -0.1) is 0 Å². The van der Waals surface area contributed by atoms with E-state index in [0.717, 1.165) is 17.7 Å². The summed E-state index contributed by atoms with van der Waals surface area (Å²) in [5.41, 5.74) is 1.67. The molecule has 1 fully saturated rings. The largest absolute Gasteiger partial charge is 0.368 e. The Bertz CT molecular complexity index is 635. The number of benzene rings is 1. The number of ether oxygens (including phenoxy) is 1. The molecule has 110 valence electrons. The van der Waals surface area contributed by atoms with Gasteiger partial charge in [0.2, 0.25) is 0 Å². The van der Waals surface area contributed by atoms with Crippen LogP contribution in [-0.2, 0) is 16.6 Å². The number of aromatic nitrogens is 3. The van der Waals surface area contributed by atoms with Gasteiger partial charge in [-0.05, 0) is 36.6 Å². The van der Waals surface area contributed by atoms with Gasteiger partial charge in [0, 0.05) is 24.9 Å². The fourth-order valence-corrected chi connectivity index (χ4v) is 2.42. The number of carbonyl (C=O) groups excluding carboxylic acids is 1. The van der Waals surface area contributed by atoms with Gasteiger partial charge in [0.25, 0.3) is 5.91 Å². The summed E-state index contributed by atoms with van der Waals surface area (Å²) in [4.78, 5) is 16.3. The Morgan fingerprint density at radius 3 is 2.71 bits per heavy atom. The smallest absolute Gasteiger partial charge is 0.253 e. The van der Waals surface area contributed by atoms with Crippen LogP contribution in [0.3, 0.4) is 0 Å². The maximum absolute atomic E-state index is 12.1. The summed E-state index contributed by atoms with van der Waals surface area (Å²) >= 11 is 0. The zero-order valence-electron chi connectivity index (χ0n) is 12.1. The molecule has 1 aliphatic heterocycles. The summed E-state index contributed by atoms with van der Waals surface area (Å²) in [6, 6.07) is 7.49. The first-order valence-electron chi connectivity index (χ1n) is 7.02. The van der Waals surface area contributed by atoms with Crippen molar-refractivity contribution in [1.29, 1.82) is 0 Å². The number of anilines is 1. The zero-order valence-corrected chi connectivity index (χ0v) is 12.1. The topological polar surface area (TPSA) is 69.0 Å². The molecule has 1 saturated heterocycles. The van der Waals surface area contributed by atoms with E-state index in [1.807, 2.05) is 38.2 Å². The summed E-state index contributed by atoms with van der Waals surface area (Å²) in [6.45, 7) is 2.69. The molecule has 0 unspecified atom stereocenters. The molecule has 1 aromatic heterocycles. The van der Waals surface area contributed by atoms with E-state index in [9.17, 15) is 4.79 Å². The molecule has 1 aromatic carbocycles. The molecule has 0 bridgehead atoms. The van der Waals surface area contributed by atoms with E-state index in [-0.39, 0.29) is 17.9 Å². The van der Waals surface area contributed by atoms with Crippen molar-refractivity contribution in [2.24, 2.45) is 13.0 Å². The normalized spacial score (nSPS) is 21.4. The molecule has 1 N–H and O–H groups in total. The van der Waals surface area contributed by atoms with Crippen LogP contribution in [0.5, 0.6) is 0 Å². The van der Waals surface area contributed by atoms with E-state index < -0.39 is 0 Å². The highest BCUT2D eigenvalue weighted by Crippen LogP contribution is 2.22. The lowest BCUT2D eigenvalue weighted by atomic mass is 10.0. The first-order chi connectivity index (χ1) is 10.1. The van der Waals surface area contributed by atoms with Crippen LogP contribution in [-0.4, -0.2) is 33.4 Å². The average Bonchev–Trinajstić information content (AvgIpc) is 3.08. The third-order valence-corrected chi connectivity index (χ3v) is 3.66. The van der Waals surface area contributed by atoms with E-state index in [1.165, 1.54) is 0 Å². The SMILES string of the molecule is C[C@H]1CCO[C@H]1C(=O)Nc1ccc(-c2ncn(C)n2)cc1. The number of carbonyl (C=O) groups is 1. The Morgan fingerprint density at radius 1 is 1.38 bits per heavy atom. The summed E-state index contributed by atoms with van der Waals surface area (Å²) in [7, 11) is 1.83. The zero-order chi connectivity index (χ0) is 14.8. The van der Waals surface area contributed by atoms with Crippen molar-refractivity contribution in [2.75, 3.05) is 11.9 Å². The third-order valence-electron chi connectivity index (χ3n) is 3.66. The molecule has 0 spiro atoms. The quantitative estimate of drug-likeness (QED) is 0.935. The lowest BCUT2D eigenvalue weighted by Gasteiger charge is -2.14. The van der Waals surface area contributed by atoms with Gasteiger partial charge in [-0.25, -0.2) is 4.98 Å². The Labute approximate surface area is 123 Å². The molecular weight excluding hydrogens is 268 g/mol. The molecule has 0 saturated carbocycles. The van der Waals surface area contributed by atoms with Crippen LogP contribution in [0, 0.1) is 5.92 Å². The number of hydrogen-bond acceptors (Lipinski definition) is 4. The average molecular weight is 286 g/mol. The molecule has 1 aliphatic rings. The molecule has 0 aliphatic carbocycles. The van der Waals surface area contributed by atoms with Crippen molar-refractivity contribution in [3.05, 3.63) is 30.6 Å². The third kappa shape index (κ3) is 2.95. The van der Waals surface area contributed by atoms with Crippen LogP contribution in [0.1, 0.15) is 13.3 Å². The Balaban J connectivity index is 1.68. The second-order valence-electron chi connectivity index (χ2n) is 5.37. The van der Waals surface area contributed by atoms with Crippen LogP contribution in [0.4, 0.5) is 5.69 Å². The van der Waals surface area contributed by atoms with Gasteiger partial charge < -0.3 is 10.1 Å². The number of nitrogens with zero attached hydrogens (tertiary/aromatic N) is 3. The number of hydrogen-bond donors (Lipinski definition) is 1. The number of amides is 1. The van der Waals surface area contributed by atoms with Gasteiger partial charge in [-0.1, -0.05) is 6.92 Å². The predicted octanol–water partition coefficient (Wildman–Crippen LogP) is 1.85. The molecule has 6 heteroatoms. The van der Waals surface area contributed by atoms with Crippen LogP contribution >= 0.6 is 0 Å². The van der Waals surface area contributed by atoms with E-state index in [0.29, 0.717) is 12.4 Å². The monoisotopic (exact) mass is 286 g/mol. The molecule has 0 radical (unpaired) electrons. The van der Waals surface area contributed by atoms with Crippen LogP contribution in [0.15, 0.2) is 30.6 Å². The molecule has 2 atom stereocenters. The predicted molar refractivity (Wildman–Crippen MR) is 78.6 cm³/mol. The van der Waals surface area contributed by atoms with Gasteiger partial charge in [0.1, 0.15) is 12.4 Å². The molecule has 3 rings (SSSR count). The Hall–Kier alpha value is -2.21. The van der Waals surface area contributed by atoms with Gasteiger partial charge in [0.05, 0.1) is 0 Å². The van der Waals surface area contributed by atoms with Crippen LogP contribution < -0.4 is 5.32 Å². The van der Waals surface area contributed by atoms with Gasteiger partial charge >= 0.3 is 0 Å². The van der Waals surface area contributed by atoms with Crippen molar-refractivity contribution >= 4 is 11.6 Å². The lowest BCUT2D eigenvalue weighted by molar-refractivity contribution is -0.126. The fraction of sp³-hybridized carbons (Fsp3) is 0.400. The van der Waals surface area contributed by atoms with Crippen molar-refractivity contribution in [3.8, 4) is 11.4 Å². The molecule has 6 nitrogen and oxygen atoms in total. The minimum absolute atomic E-state index is 0.0799. The van der Waals surface area contributed by atoms with E-state index in [1.54, 1.807) is 11.0 Å². The first kappa shape index (κ1) is 13.8. The highest BCUT2D eigenvalue weighted by atomic mass is 16.5. The van der Waals surface area contributed by atoms with Crippen LogP contribution in [0.2, 0.25) is 0 Å². The molecule has 2 heterocycles. The number of nitrogens with one attached hydrogen (secondary N) is 1. The summed E-state index contributed by atoms with van der Waals surface area (Å²) in [5.74, 6) is 0.855. The first-order valence-corrected chi connectivity index (χ1v) is 7.02. The maximum atomic E-state index is 12.1. The van der Waals surface area contributed by atoms with Crippen molar-refractivity contribution in [3.63, 3.8) is 0 Å². The van der Waals surface area contributed by atoms with E-state index >= 15 is 0 Å². The standard InChI is InChI=1S/C15H18N4O2/c1-10-7-8-21-13(10)15(20)17-12-5-3-11(4-6-12)14-16-9-19(2)18-14/h3-6,9-10,13H,7-8H2,1-2H3,(H,17,20)/t10-,13+/m0/s1. The molecule has 2 aromatic rings. The second kappa shape index (κ2) is 5.65. The minimum atomic E-state index is -0.345. The maximum Gasteiger partial charge on any atom is 0.253 e. The van der Waals surface area contributed by atoms with Crippen molar-refractivity contribution in [2.45, 2.75) is 19.4 Å². The van der Waals surface area contributed by atoms with Gasteiger partial charge in [-0.3, -0.25) is 9.48 Å². The summed E-state index contributed by atoms with van der Waals surface area (Å²) in [6.07, 6.45) is 2.24. The molecule has 1 amide bonds. The van der Waals surface area contributed by atoms with Gasteiger partial charge in [-0.2, -0.15) is 5.10 Å². The molecular formula is C15H18N4O2. The van der Waals surface area contributed by atoms with Crippen molar-refractivity contribution in [1.82, 2.24) is 14.8 Å². The summed E-state index contributed by atoms with van der Waals surface area (Å²) < 4.78 is 7.12. The Kier molecular flexibility index (Phi) is 3.70. The minimum Gasteiger partial charge on any atom is -0.368 e.